The minimum absolute atomic E-state index is 0.000988. The number of fused-ring (bicyclic) bond motifs is 1. The molecular formula is C21H23N5O2. The first kappa shape index (κ1) is 18.2. The van der Waals surface area contributed by atoms with Gasteiger partial charge in [0.05, 0.1) is 5.52 Å². The summed E-state index contributed by atoms with van der Waals surface area (Å²) in [6.45, 7) is 1.42. The number of carbonyl (C=O) groups is 2. The van der Waals surface area contributed by atoms with Crippen molar-refractivity contribution in [2.24, 2.45) is 5.73 Å². The van der Waals surface area contributed by atoms with Gasteiger partial charge in [0.1, 0.15) is 0 Å². The molecule has 0 unspecified atom stereocenters. The highest BCUT2D eigenvalue weighted by Crippen LogP contribution is 2.26. The number of aromatic amines is 1. The van der Waals surface area contributed by atoms with Crippen molar-refractivity contribution in [1.29, 1.82) is 0 Å². The molecule has 2 aromatic carbocycles. The maximum atomic E-state index is 12.5. The van der Waals surface area contributed by atoms with Crippen LogP contribution in [0.2, 0.25) is 0 Å². The predicted octanol–water partition coefficient (Wildman–Crippen LogP) is 1.64. The summed E-state index contributed by atoms with van der Waals surface area (Å²) in [4.78, 5) is 26.7. The number of H-pyrrole nitrogens is 1. The van der Waals surface area contributed by atoms with Crippen molar-refractivity contribution in [2.75, 3.05) is 19.6 Å². The van der Waals surface area contributed by atoms with Crippen LogP contribution in [0.3, 0.4) is 0 Å². The van der Waals surface area contributed by atoms with Crippen LogP contribution < -0.4 is 11.1 Å². The number of carbonyl (C=O) groups excluding carboxylic acids is 2. The highest BCUT2D eigenvalue weighted by Gasteiger charge is 2.33. The number of nitrogens with zero attached hydrogens (tertiary/aromatic N) is 2. The minimum Gasteiger partial charge on any atom is -0.350 e. The van der Waals surface area contributed by atoms with E-state index < -0.39 is 0 Å². The summed E-state index contributed by atoms with van der Waals surface area (Å²) < 4.78 is 0. The molecule has 2 heterocycles. The average Bonchev–Trinajstić information content (AvgIpc) is 3.32. The number of rotatable bonds is 5. The van der Waals surface area contributed by atoms with Crippen molar-refractivity contribution in [3.05, 3.63) is 65.9 Å². The van der Waals surface area contributed by atoms with Crippen molar-refractivity contribution in [3.8, 4) is 0 Å². The van der Waals surface area contributed by atoms with Gasteiger partial charge in [-0.15, -0.1) is 0 Å². The molecular weight excluding hydrogens is 354 g/mol. The van der Waals surface area contributed by atoms with Crippen LogP contribution in [0, 0.1) is 0 Å². The predicted molar refractivity (Wildman–Crippen MR) is 107 cm³/mol. The number of hydrogen-bond donors (Lipinski definition) is 3. The van der Waals surface area contributed by atoms with Gasteiger partial charge in [-0.2, -0.15) is 5.10 Å². The van der Waals surface area contributed by atoms with E-state index in [2.05, 4.69) is 15.5 Å². The average molecular weight is 377 g/mol. The molecule has 144 valence electrons. The zero-order valence-electron chi connectivity index (χ0n) is 15.5. The normalized spacial score (nSPS) is 19.1. The minimum atomic E-state index is -0.287. The number of likely N-dealkylation sites (tertiary alicyclic amines) is 1. The molecule has 1 aliphatic heterocycles. The van der Waals surface area contributed by atoms with Gasteiger partial charge in [-0.1, -0.05) is 48.5 Å². The molecule has 2 amide bonds. The fourth-order valence-corrected chi connectivity index (χ4v) is 3.75. The van der Waals surface area contributed by atoms with Crippen molar-refractivity contribution in [1.82, 2.24) is 20.4 Å². The number of hydrogen-bond acceptors (Lipinski definition) is 4. The zero-order chi connectivity index (χ0) is 19.5. The van der Waals surface area contributed by atoms with Gasteiger partial charge in [-0.05, 0) is 11.6 Å². The molecule has 0 saturated carbocycles. The quantitative estimate of drug-likeness (QED) is 0.629. The molecule has 0 spiro atoms. The van der Waals surface area contributed by atoms with E-state index in [0.717, 1.165) is 16.5 Å². The van der Waals surface area contributed by atoms with Gasteiger partial charge in [0.15, 0.2) is 5.69 Å². The molecule has 4 rings (SSSR count). The Kier molecular flexibility index (Phi) is 5.08. The molecule has 1 fully saturated rings. The number of aromatic nitrogens is 2. The summed E-state index contributed by atoms with van der Waals surface area (Å²) in [6.07, 6.45) is 0.238. The SMILES string of the molecule is N[C@@H]1CN(C(=O)CCNC(=O)c2n[nH]c3ccccc23)C[C@H]1c1ccccc1. The van der Waals surface area contributed by atoms with Gasteiger partial charge >= 0.3 is 0 Å². The Hall–Kier alpha value is -3.19. The third kappa shape index (κ3) is 3.61. The second-order valence-corrected chi connectivity index (χ2v) is 7.10. The highest BCUT2D eigenvalue weighted by atomic mass is 16.2. The molecule has 1 saturated heterocycles. The van der Waals surface area contributed by atoms with Gasteiger partial charge < -0.3 is 16.0 Å². The van der Waals surface area contributed by atoms with Gasteiger partial charge in [0.2, 0.25) is 5.91 Å². The smallest absolute Gasteiger partial charge is 0.272 e. The van der Waals surface area contributed by atoms with Crippen LogP contribution in [0.25, 0.3) is 10.9 Å². The standard InChI is InChI=1S/C21H23N5O2/c22-17-13-26(12-16(17)14-6-2-1-3-7-14)19(27)10-11-23-21(28)20-15-8-4-5-9-18(15)24-25-20/h1-9,16-17H,10-13,22H2,(H,23,28)(H,24,25)/t16-,17+/m0/s1. The summed E-state index contributed by atoms with van der Waals surface area (Å²) in [5.41, 5.74) is 8.56. The van der Waals surface area contributed by atoms with E-state index >= 15 is 0 Å². The van der Waals surface area contributed by atoms with E-state index in [9.17, 15) is 9.59 Å². The summed E-state index contributed by atoms with van der Waals surface area (Å²) in [7, 11) is 0. The Morgan fingerprint density at radius 2 is 1.86 bits per heavy atom. The molecule has 7 heteroatoms. The highest BCUT2D eigenvalue weighted by molar-refractivity contribution is 6.04. The Balaban J connectivity index is 1.31. The number of nitrogens with two attached hydrogens (primary N) is 1. The monoisotopic (exact) mass is 377 g/mol. The first-order valence-corrected chi connectivity index (χ1v) is 9.43. The van der Waals surface area contributed by atoms with Crippen molar-refractivity contribution < 1.29 is 9.59 Å². The zero-order valence-corrected chi connectivity index (χ0v) is 15.5. The molecule has 2 atom stereocenters. The van der Waals surface area contributed by atoms with E-state index in [0.29, 0.717) is 18.8 Å². The Bertz CT molecular complexity index is 985. The topological polar surface area (TPSA) is 104 Å². The number of nitrogens with one attached hydrogen (secondary N) is 2. The lowest BCUT2D eigenvalue weighted by molar-refractivity contribution is -0.130. The molecule has 0 bridgehead atoms. The lowest BCUT2D eigenvalue weighted by Crippen LogP contribution is -2.35. The van der Waals surface area contributed by atoms with Crippen LogP contribution in [-0.2, 0) is 4.79 Å². The van der Waals surface area contributed by atoms with E-state index in [4.69, 9.17) is 5.73 Å². The van der Waals surface area contributed by atoms with Gasteiger partial charge in [0.25, 0.3) is 5.91 Å². The second kappa shape index (κ2) is 7.82. The third-order valence-electron chi connectivity index (χ3n) is 5.26. The van der Waals surface area contributed by atoms with Crippen LogP contribution in [0.5, 0.6) is 0 Å². The Labute approximate surface area is 162 Å². The molecule has 4 N–H and O–H groups in total. The van der Waals surface area contributed by atoms with Crippen LogP contribution in [0.1, 0.15) is 28.4 Å². The molecule has 0 radical (unpaired) electrons. The summed E-state index contributed by atoms with van der Waals surface area (Å²) >= 11 is 0. The first-order chi connectivity index (χ1) is 13.6. The largest absolute Gasteiger partial charge is 0.350 e. The summed E-state index contributed by atoms with van der Waals surface area (Å²) in [6, 6.07) is 17.4. The van der Waals surface area contributed by atoms with Crippen LogP contribution in [0.4, 0.5) is 0 Å². The van der Waals surface area contributed by atoms with Gasteiger partial charge in [0, 0.05) is 43.4 Å². The van der Waals surface area contributed by atoms with E-state index in [1.165, 1.54) is 0 Å². The maximum Gasteiger partial charge on any atom is 0.272 e. The number of amides is 2. The van der Waals surface area contributed by atoms with Crippen LogP contribution in [0.15, 0.2) is 54.6 Å². The molecule has 7 nitrogen and oxygen atoms in total. The molecule has 28 heavy (non-hydrogen) atoms. The van der Waals surface area contributed by atoms with Crippen LogP contribution >= 0.6 is 0 Å². The van der Waals surface area contributed by atoms with Crippen molar-refractivity contribution >= 4 is 22.7 Å². The molecule has 3 aromatic rings. The fourth-order valence-electron chi connectivity index (χ4n) is 3.75. The van der Waals surface area contributed by atoms with Crippen LogP contribution in [-0.4, -0.2) is 52.6 Å². The van der Waals surface area contributed by atoms with Gasteiger partial charge in [-0.25, -0.2) is 0 Å². The first-order valence-electron chi connectivity index (χ1n) is 9.43. The number of para-hydroxylation sites is 1. The number of benzene rings is 2. The van der Waals surface area contributed by atoms with E-state index in [1.54, 1.807) is 4.90 Å². The Morgan fingerprint density at radius 3 is 2.68 bits per heavy atom. The molecule has 1 aromatic heterocycles. The Morgan fingerprint density at radius 1 is 1.11 bits per heavy atom. The van der Waals surface area contributed by atoms with Crippen molar-refractivity contribution in [3.63, 3.8) is 0 Å². The molecule has 1 aliphatic rings. The van der Waals surface area contributed by atoms with Crippen molar-refractivity contribution in [2.45, 2.75) is 18.4 Å². The van der Waals surface area contributed by atoms with E-state index in [-0.39, 0.29) is 36.7 Å². The lowest BCUT2D eigenvalue weighted by atomic mass is 9.95. The van der Waals surface area contributed by atoms with E-state index in [1.807, 2.05) is 54.6 Å². The lowest BCUT2D eigenvalue weighted by Gasteiger charge is -2.16. The molecule has 0 aliphatic carbocycles. The maximum absolute atomic E-state index is 12.5. The second-order valence-electron chi connectivity index (χ2n) is 7.10. The third-order valence-corrected chi connectivity index (χ3v) is 5.26. The fraction of sp³-hybridized carbons (Fsp3) is 0.286. The summed E-state index contributed by atoms with van der Waals surface area (Å²) in [5.74, 6) is -0.137. The van der Waals surface area contributed by atoms with Gasteiger partial charge in [-0.3, -0.25) is 14.7 Å². The summed E-state index contributed by atoms with van der Waals surface area (Å²) in [5, 5.41) is 10.5.